The maximum Gasteiger partial charge on any atom is 0.320 e. The van der Waals surface area contributed by atoms with Gasteiger partial charge in [-0.1, -0.05) is 23.2 Å². The molecule has 0 aliphatic heterocycles. The lowest BCUT2D eigenvalue weighted by Crippen LogP contribution is -2.28. The van der Waals surface area contributed by atoms with Gasteiger partial charge in [0.1, 0.15) is 0 Å². The number of hydrogen-bond donors (Lipinski definition) is 2. The lowest BCUT2D eigenvalue weighted by Gasteiger charge is -2.06. The minimum atomic E-state index is -0.343. The summed E-state index contributed by atoms with van der Waals surface area (Å²) in [6.45, 7) is 2.35. The normalized spacial score (nSPS) is 9.64. The van der Waals surface area contributed by atoms with Crippen LogP contribution in [0.4, 0.5) is 10.6 Å². The monoisotopic (exact) mass is 233 g/mol. The highest BCUT2D eigenvalue weighted by molar-refractivity contribution is 6.36. The van der Waals surface area contributed by atoms with Crippen molar-refractivity contribution in [3.8, 4) is 0 Å². The fraction of sp³-hybridized carbons (Fsp3) is 0.250. The molecule has 0 spiro atoms. The van der Waals surface area contributed by atoms with E-state index in [4.69, 9.17) is 23.2 Å². The van der Waals surface area contributed by atoms with Gasteiger partial charge in [-0.05, 0) is 13.0 Å². The molecule has 2 N–H and O–H groups in total. The van der Waals surface area contributed by atoms with E-state index in [1.54, 1.807) is 0 Å². The number of rotatable bonds is 2. The Balaban J connectivity index is 2.72. The molecular weight excluding hydrogens is 225 g/mol. The summed E-state index contributed by atoms with van der Waals surface area (Å²) in [4.78, 5) is 15.0. The molecule has 1 rings (SSSR count). The van der Waals surface area contributed by atoms with E-state index in [-0.39, 0.29) is 6.03 Å². The standard InChI is InChI=1S/C8H9Cl2N3O/c1-2-11-8(14)13-7-6(10)3-5(9)4-12-7/h3-4H,2H2,1H3,(H2,11,12,13,14). The van der Waals surface area contributed by atoms with E-state index < -0.39 is 0 Å². The maximum atomic E-state index is 11.1. The zero-order valence-corrected chi connectivity index (χ0v) is 8.99. The second-order valence-corrected chi connectivity index (χ2v) is 3.31. The fourth-order valence-corrected chi connectivity index (χ4v) is 1.25. The maximum absolute atomic E-state index is 11.1. The molecule has 1 heterocycles. The summed E-state index contributed by atoms with van der Waals surface area (Å²) in [6, 6.07) is 1.17. The third-order valence-corrected chi connectivity index (χ3v) is 1.87. The summed E-state index contributed by atoms with van der Waals surface area (Å²) in [5, 5.41) is 5.78. The van der Waals surface area contributed by atoms with E-state index in [1.807, 2.05) is 6.92 Å². The molecule has 0 atom stereocenters. The summed E-state index contributed by atoms with van der Waals surface area (Å²) in [5.41, 5.74) is 0. The molecule has 6 heteroatoms. The first-order chi connectivity index (χ1) is 6.63. The van der Waals surface area contributed by atoms with Crippen molar-refractivity contribution >= 4 is 35.1 Å². The number of urea groups is 1. The van der Waals surface area contributed by atoms with Gasteiger partial charge in [0.15, 0.2) is 5.82 Å². The summed E-state index contributed by atoms with van der Waals surface area (Å²) < 4.78 is 0. The molecule has 0 saturated carbocycles. The van der Waals surface area contributed by atoms with E-state index in [9.17, 15) is 4.79 Å². The molecule has 1 aromatic heterocycles. The molecule has 2 amide bonds. The smallest absolute Gasteiger partial charge is 0.320 e. The molecule has 0 radical (unpaired) electrons. The van der Waals surface area contributed by atoms with Gasteiger partial charge >= 0.3 is 6.03 Å². The molecule has 4 nitrogen and oxygen atoms in total. The van der Waals surface area contributed by atoms with Gasteiger partial charge in [-0.15, -0.1) is 0 Å². The first-order valence-corrected chi connectivity index (χ1v) is 4.75. The summed E-state index contributed by atoms with van der Waals surface area (Å²) in [5.74, 6) is 0.294. The van der Waals surface area contributed by atoms with Crippen LogP contribution in [0.25, 0.3) is 0 Å². The predicted molar refractivity (Wildman–Crippen MR) is 57.0 cm³/mol. The fourth-order valence-electron chi connectivity index (χ4n) is 0.819. The van der Waals surface area contributed by atoms with Crippen LogP contribution in [0.15, 0.2) is 12.3 Å². The Morgan fingerprint density at radius 2 is 2.29 bits per heavy atom. The number of amides is 2. The van der Waals surface area contributed by atoms with Gasteiger partial charge in [-0.2, -0.15) is 0 Å². The molecule has 76 valence electrons. The lowest BCUT2D eigenvalue weighted by atomic mass is 10.4. The summed E-state index contributed by atoms with van der Waals surface area (Å²) in [7, 11) is 0. The van der Waals surface area contributed by atoms with Gasteiger partial charge in [0.2, 0.25) is 0 Å². The Morgan fingerprint density at radius 3 is 2.86 bits per heavy atom. The quantitative estimate of drug-likeness (QED) is 0.825. The van der Waals surface area contributed by atoms with Crippen molar-refractivity contribution in [1.82, 2.24) is 10.3 Å². The third-order valence-electron chi connectivity index (χ3n) is 1.38. The predicted octanol–water partition coefficient (Wildman–Crippen LogP) is 2.53. The molecule has 0 unspecified atom stereocenters. The minimum absolute atomic E-state index is 0.294. The first kappa shape index (κ1) is 11.1. The zero-order valence-electron chi connectivity index (χ0n) is 7.47. The van der Waals surface area contributed by atoms with Gasteiger partial charge in [-0.3, -0.25) is 5.32 Å². The number of aromatic nitrogens is 1. The van der Waals surface area contributed by atoms with Gasteiger partial charge in [0.05, 0.1) is 10.0 Å². The Morgan fingerprint density at radius 1 is 1.57 bits per heavy atom. The third kappa shape index (κ3) is 3.05. The number of anilines is 1. The molecule has 0 aliphatic rings. The van der Waals surface area contributed by atoms with Crippen molar-refractivity contribution in [2.24, 2.45) is 0 Å². The molecule has 0 aromatic carbocycles. The first-order valence-electron chi connectivity index (χ1n) is 3.99. The second kappa shape index (κ2) is 5.02. The van der Waals surface area contributed by atoms with E-state index in [0.29, 0.717) is 22.4 Å². The molecule has 1 aromatic rings. The number of pyridine rings is 1. The van der Waals surface area contributed by atoms with Crippen molar-refractivity contribution in [1.29, 1.82) is 0 Å². The van der Waals surface area contributed by atoms with Crippen LogP contribution < -0.4 is 10.6 Å². The van der Waals surface area contributed by atoms with E-state index >= 15 is 0 Å². The van der Waals surface area contributed by atoms with Gasteiger partial charge in [0, 0.05) is 12.7 Å². The number of nitrogens with zero attached hydrogens (tertiary/aromatic N) is 1. The van der Waals surface area contributed by atoms with E-state index in [2.05, 4.69) is 15.6 Å². The van der Waals surface area contributed by atoms with Crippen LogP contribution in [-0.2, 0) is 0 Å². The van der Waals surface area contributed by atoms with Crippen molar-refractivity contribution in [3.63, 3.8) is 0 Å². The lowest BCUT2D eigenvalue weighted by molar-refractivity contribution is 0.252. The van der Waals surface area contributed by atoms with Crippen LogP contribution in [0.2, 0.25) is 10.0 Å². The van der Waals surface area contributed by atoms with Gasteiger partial charge < -0.3 is 5.32 Å². The van der Waals surface area contributed by atoms with E-state index in [0.717, 1.165) is 0 Å². The van der Waals surface area contributed by atoms with Crippen LogP contribution in [-0.4, -0.2) is 17.6 Å². The SMILES string of the molecule is CCNC(=O)Nc1ncc(Cl)cc1Cl. The number of halogens is 2. The molecule has 0 saturated heterocycles. The Bertz CT molecular complexity index is 343. The van der Waals surface area contributed by atoms with E-state index in [1.165, 1.54) is 12.3 Å². The number of carbonyl (C=O) groups excluding carboxylic acids is 1. The Labute approximate surface area is 91.6 Å². The summed E-state index contributed by atoms with van der Waals surface area (Å²) >= 11 is 11.4. The molecule has 0 bridgehead atoms. The zero-order chi connectivity index (χ0) is 10.6. The molecule has 14 heavy (non-hydrogen) atoms. The average molecular weight is 234 g/mol. The molecule has 0 aliphatic carbocycles. The number of carbonyl (C=O) groups is 1. The van der Waals surface area contributed by atoms with Crippen LogP contribution >= 0.6 is 23.2 Å². The highest BCUT2D eigenvalue weighted by Gasteiger charge is 2.05. The minimum Gasteiger partial charge on any atom is -0.338 e. The Kier molecular flexibility index (Phi) is 3.98. The summed E-state index contributed by atoms with van der Waals surface area (Å²) in [6.07, 6.45) is 1.41. The van der Waals surface area contributed by atoms with Crippen LogP contribution in [0, 0.1) is 0 Å². The topological polar surface area (TPSA) is 54.0 Å². The highest BCUT2D eigenvalue weighted by atomic mass is 35.5. The van der Waals surface area contributed by atoms with Crippen molar-refractivity contribution < 1.29 is 4.79 Å². The van der Waals surface area contributed by atoms with Crippen molar-refractivity contribution in [3.05, 3.63) is 22.3 Å². The molecular formula is C8H9Cl2N3O. The average Bonchev–Trinajstić information content (AvgIpc) is 2.10. The second-order valence-electron chi connectivity index (χ2n) is 2.47. The van der Waals surface area contributed by atoms with Crippen LogP contribution in [0.5, 0.6) is 0 Å². The Hall–Kier alpha value is -1.000. The van der Waals surface area contributed by atoms with Crippen molar-refractivity contribution in [2.75, 3.05) is 11.9 Å². The molecule has 0 fully saturated rings. The van der Waals surface area contributed by atoms with Gasteiger partial charge in [0.25, 0.3) is 0 Å². The van der Waals surface area contributed by atoms with Crippen LogP contribution in [0.1, 0.15) is 6.92 Å². The van der Waals surface area contributed by atoms with Crippen molar-refractivity contribution in [2.45, 2.75) is 6.92 Å². The number of hydrogen-bond acceptors (Lipinski definition) is 2. The highest BCUT2D eigenvalue weighted by Crippen LogP contribution is 2.22. The largest absolute Gasteiger partial charge is 0.338 e. The van der Waals surface area contributed by atoms with Crippen LogP contribution in [0.3, 0.4) is 0 Å². The van der Waals surface area contributed by atoms with Gasteiger partial charge in [-0.25, -0.2) is 9.78 Å². The number of nitrogens with one attached hydrogen (secondary N) is 2.